The first-order chi connectivity index (χ1) is 13.3. The standard InChI is InChI=1S/C21H20FNO3S2/c1-21(16-5-3-2-4-6-16)12-19(21)23-28(25,26)20-10-9-18(27-20)14-7-8-15(13-24)17(22)11-14/h2-11,19,23-24H,12-13H2,1H3/t19-,21+/m0/s1. The monoisotopic (exact) mass is 417 g/mol. The predicted octanol–water partition coefficient (Wildman–Crippen LogP) is 4.06. The Morgan fingerprint density at radius 1 is 1.18 bits per heavy atom. The van der Waals surface area contributed by atoms with Crippen molar-refractivity contribution in [2.45, 2.75) is 35.6 Å². The van der Waals surface area contributed by atoms with Crippen LogP contribution in [-0.4, -0.2) is 19.6 Å². The van der Waals surface area contributed by atoms with Gasteiger partial charge in [0.15, 0.2) is 0 Å². The second-order valence-electron chi connectivity index (χ2n) is 7.24. The van der Waals surface area contributed by atoms with Crippen molar-refractivity contribution in [3.63, 3.8) is 0 Å². The number of sulfonamides is 1. The molecule has 0 saturated heterocycles. The lowest BCUT2D eigenvalue weighted by Crippen LogP contribution is -2.29. The Morgan fingerprint density at radius 2 is 1.93 bits per heavy atom. The Kier molecular flexibility index (Phi) is 4.87. The van der Waals surface area contributed by atoms with Crippen molar-refractivity contribution in [2.24, 2.45) is 0 Å². The van der Waals surface area contributed by atoms with Crippen molar-refractivity contribution in [1.82, 2.24) is 4.72 Å². The van der Waals surface area contributed by atoms with Crippen molar-refractivity contribution < 1.29 is 17.9 Å². The lowest BCUT2D eigenvalue weighted by Gasteiger charge is -2.12. The molecule has 1 aliphatic carbocycles. The first-order valence-electron chi connectivity index (χ1n) is 8.91. The number of aliphatic hydroxyl groups excluding tert-OH is 1. The van der Waals surface area contributed by atoms with Gasteiger partial charge in [0.25, 0.3) is 0 Å². The zero-order valence-corrected chi connectivity index (χ0v) is 16.9. The van der Waals surface area contributed by atoms with Crippen LogP contribution in [0.1, 0.15) is 24.5 Å². The minimum atomic E-state index is -3.65. The van der Waals surface area contributed by atoms with Gasteiger partial charge >= 0.3 is 0 Å². The van der Waals surface area contributed by atoms with Crippen molar-refractivity contribution in [2.75, 3.05) is 0 Å². The molecule has 1 aliphatic rings. The lowest BCUT2D eigenvalue weighted by atomic mass is 9.98. The van der Waals surface area contributed by atoms with E-state index in [0.717, 1.165) is 23.3 Å². The highest BCUT2D eigenvalue weighted by molar-refractivity contribution is 7.91. The van der Waals surface area contributed by atoms with E-state index in [0.29, 0.717) is 10.4 Å². The van der Waals surface area contributed by atoms with Crippen LogP contribution in [0.3, 0.4) is 0 Å². The highest BCUT2D eigenvalue weighted by atomic mass is 32.2. The quantitative estimate of drug-likeness (QED) is 0.636. The van der Waals surface area contributed by atoms with E-state index in [1.807, 2.05) is 30.3 Å². The van der Waals surface area contributed by atoms with Crippen LogP contribution in [0.2, 0.25) is 0 Å². The maximum atomic E-state index is 13.9. The van der Waals surface area contributed by atoms with Gasteiger partial charge in [-0.05, 0) is 35.7 Å². The summed E-state index contributed by atoms with van der Waals surface area (Å²) in [4.78, 5) is 0.658. The third-order valence-electron chi connectivity index (χ3n) is 5.32. The van der Waals surface area contributed by atoms with Crippen molar-refractivity contribution >= 4 is 21.4 Å². The van der Waals surface area contributed by atoms with Crippen LogP contribution >= 0.6 is 11.3 Å². The molecule has 2 aromatic carbocycles. The largest absolute Gasteiger partial charge is 0.392 e. The summed E-state index contributed by atoms with van der Waals surface area (Å²) in [6.07, 6.45) is 0.752. The second-order valence-corrected chi connectivity index (χ2v) is 10.3. The number of halogens is 1. The van der Waals surface area contributed by atoms with E-state index >= 15 is 0 Å². The molecule has 28 heavy (non-hydrogen) atoms. The Labute approximate surface area is 167 Å². The highest BCUT2D eigenvalue weighted by Gasteiger charge is 2.53. The molecule has 2 atom stereocenters. The van der Waals surface area contributed by atoms with Gasteiger partial charge in [-0.15, -0.1) is 11.3 Å². The molecule has 0 amide bonds. The number of nitrogens with one attached hydrogen (secondary N) is 1. The van der Waals surface area contributed by atoms with Crippen molar-refractivity contribution in [1.29, 1.82) is 0 Å². The van der Waals surface area contributed by atoms with E-state index in [4.69, 9.17) is 5.11 Å². The Bertz CT molecular complexity index is 1110. The molecule has 1 fully saturated rings. The van der Waals surface area contributed by atoms with Crippen molar-refractivity contribution in [3.05, 3.63) is 77.6 Å². The summed E-state index contributed by atoms with van der Waals surface area (Å²) in [5.41, 5.74) is 1.72. The van der Waals surface area contributed by atoms with E-state index in [1.165, 1.54) is 12.1 Å². The maximum absolute atomic E-state index is 13.9. The molecule has 3 aromatic rings. The summed E-state index contributed by atoms with van der Waals surface area (Å²) in [7, 11) is -3.65. The summed E-state index contributed by atoms with van der Waals surface area (Å²) in [5.74, 6) is -0.507. The van der Waals surface area contributed by atoms with Crippen LogP contribution < -0.4 is 4.72 Å². The van der Waals surface area contributed by atoms with E-state index in [2.05, 4.69) is 11.6 Å². The molecule has 4 rings (SSSR count). The fourth-order valence-corrected chi connectivity index (χ4v) is 6.04. The maximum Gasteiger partial charge on any atom is 0.250 e. The van der Waals surface area contributed by atoms with Crippen LogP contribution in [0, 0.1) is 5.82 Å². The SMILES string of the molecule is C[C@]1(c2ccccc2)C[C@@H]1NS(=O)(=O)c1ccc(-c2ccc(CO)c(F)c2)s1. The zero-order valence-electron chi connectivity index (χ0n) is 15.2. The van der Waals surface area contributed by atoms with Gasteiger partial charge in [0.2, 0.25) is 10.0 Å². The molecule has 1 aromatic heterocycles. The number of rotatable bonds is 6. The van der Waals surface area contributed by atoms with Gasteiger partial charge in [0, 0.05) is 21.9 Å². The normalized spacial score (nSPS) is 21.6. The van der Waals surface area contributed by atoms with Gasteiger partial charge in [0.1, 0.15) is 10.0 Å². The average molecular weight is 418 g/mol. The minimum Gasteiger partial charge on any atom is -0.392 e. The number of thiophene rings is 1. The number of aliphatic hydroxyl groups is 1. The van der Waals surface area contributed by atoms with Gasteiger partial charge in [-0.3, -0.25) is 0 Å². The fraction of sp³-hybridized carbons (Fsp3) is 0.238. The number of benzene rings is 2. The Balaban J connectivity index is 1.53. The van der Waals surface area contributed by atoms with Crippen molar-refractivity contribution in [3.8, 4) is 10.4 Å². The summed E-state index contributed by atoms with van der Waals surface area (Å²) in [6.45, 7) is 1.68. The zero-order chi connectivity index (χ0) is 19.9. The van der Waals surface area contributed by atoms with Gasteiger partial charge in [0.05, 0.1) is 6.61 Å². The van der Waals surface area contributed by atoms with Crippen LogP contribution in [-0.2, 0) is 22.0 Å². The molecule has 0 radical (unpaired) electrons. The molecular weight excluding hydrogens is 397 g/mol. The average Bonchev–Trinajstić information content (AvgIpc) is 3.09. The van der Waals surface area contributed by atoms with Gasteiger partial charge < -0.3 is 5.11 Å². The molecular formula is C21H20FNO3S2. The summed E-state index contributed by atoms with van der Waals surface area (Å²) < 4.78 is 42.5. The molecule has 7 heteroatoms. The van der Waals surface area contributed by atoms with Gasteiger partial charge in [-0.2, -0.15) is 0 Å². The molecule has 1 saturated carbocycles. The lowest BCUT2D eigenvalue weighted by molar-refractivity contribution is 0.276. The first kappa shape index (κ1) is 19.3. The number of hydrogen-bond acceptors (Lipinski definition) is 4. The minimum absolute atomic E-state index is 0.147. The van der Waals surface area contributed by atoms with Gasteiger partial charge in [-0.1, -0.05) is 49.4 Å². The van der Waals surface area contributed by atoms with Crippen LogP contribution in [0.25, 0.3) is 10.4 Å². The third kappa shape index (κ3) is 3.51. The molecule has 1 heterocycles. The van der Waals surface area contributed by atoms with Crippen LogP contribution in [0.4, 0.5) is 4.39 Å². The molecule has 0 bridgehead atoms. The molecule has 0 spiro atoms. The number of hydrogen-bond donors (Lipinski definition) is 2. The molecule has 4 nitrogen and oxygen atoms in total. The van der Waals surface area contributed by atoms with E-state index in [1.54, 1.807) is 18.2 Å². The summed E-state index contributed by atoms with van der Waals surface area (Å²) in [6, 6.07) is 17.5. The van der Waals surface area contributed by atoms with E-state index in [9.17, 15) is 12.8 Å². The molecule has 146 valence electrons. The molecule has 2 N–H and O–H groups in total. The highest BCUT2D eigenvalue weighted by Crippen LogP contribution is 2.48. The Morgan fingerprint density at radius 3 is 2.61 bits per heavy atom. The van der Waals surface area contributed by atoms with Crippen LogP contribution in [0.15, 0.2) is 64.9 Å². The van der Waals surface area contributed by atoms with E-state index in [-0.39, 0.29) is 27.8 Å². The van der Waals surface area contributed by atoms with Gasteiger partial charge in [-0.25, -0.2) is 17.5 Å². The topological polar surface area (TPSA) is 66.4 Å². The first-order valence-corrected chi connectivity index (χ1v) is 11.2. The van der Waals surface area contributed by atoms with E-state index < -0.39 is 15.8 Å². The summed E-state index contributed by atoms with van der Waals surface area (Å²) in [5, 5.41) is 9.08. The smallest absolute Gasteiger partial charge is 0.250 e. The second kappa shape index (κ2) is 7.08. The fourth-order valence-electron chi connectivity index (χ4n) is 3.37. The summed E-state index contributed by atoms with van der Waals surface area (Å²) >= 11 is 1.10. The predicted molar refractivity (Wildman–Crippen MR) is 108 cm³/mol. The van der Waals surface area contributed by atoms with Crippen LogP contribution in [0.5, 0.6) is 0 Å². The third-order valence-corrected chi connectivity index (χ3v) is 8.42. The molecule has 0 aliphatic heterocycles. The Hall–Kier alpha value is -2.06. The molecule has 0 unspecified atom stereocenters.